The van der Waals surface area contributed by atoms with E-state index in [0.29, 0.717) is 0 Å². The maximum Gasteiger partial charge on any atom is 0.248 e. The molecule has 1 aromatic carbocycles. The van der Waals surface area contributed by atoms with Crippen LogP contribution in [0, 0.1) is 11.7 Å². The highest BCUT2D eigenvalue weighted by atomic mass is 19.1. The van der Waals surface area contributed by atoms with E-state index in [1.54, 1.807) is 18.2 Å². The maximum atomic E-state index is 13.1. The number of H-pyrrole nitrogens is 1. The van der Waals surface area contributed by atoms with Crippen LogP contribution in [0.25, 0.3) is 6.08 Å². The van der Waals surface area contributed by atoms with Gasteiger partial charge in [0.15, 0.2) is 0 Å². The lowest BCUT2D eigenvalue weighted by Gasteiger charge is -2.45. The number of benzene rings is 1. The maximum absolute atomic E-state index is 13.1. The highest BCUT2D eigenvalue weighted by Gasteiger charge is 2.46. The largest absolute Gasteiger partial charge is 0.326 e. The van der Waals surface area contributed by atoms with Crippen molar-refractivity contribution >= 4 is 12.3 Å². The average molecular weight is 374 g/mol. The van der Waals surface area contributed by atoms with Crippen LogP contribution in [-0.4, -0.2) is 11.2 Å². The number of aromatic nitrogens is 1. The molecule has 0 spiro atoms. The van der Waals surface area contributed by atoms with Crippen LogP contribution in [0.4, 0.5) is 4.39 Å². The van der Waals surface area contributed by atoms with Crippen molar-refractivity contribution in [1.29, 1.82) is 0 Å². The number of fused-ring (bicyclic) bond motifs is 4. The van der Waals surface area contributed by atoms with E-state index in [9.17, 15) is 9.18 Å². The second-order valence-corrected chi connectivity index (χ2v) is 7.51. The molecule has 4 rings (SSSR count). The van der Waals surface area contributed by atoms with Crippen molar-refractivity contribution in [3.8, 4) is 0 Å². The van der Waals surface area contributed by atoms with Crippen molar-refractivity contribution in [3.05, 3.63) is 98.8 Å². The van der Waals surface area contributed by atoms with E-state index in [2.05, 4.69) is 31.0 Å². The van der Waals surface area contributed by atoms with Gasteiger partial charge in [0, 0.05) is 35.9 Å². The van der Waals surface area contributed by atoms with Crippen LogP contribution in [0.3, 0.4) is 0 Å². The smallest absolute Gasteiger partial charge is 0.248 e. The van der Waals surface area contributed by atoms with Crippen molar-refractivity contribution < 1.29 is 4.39 Å². The quantitative estimate of drug-likeness (QED) is 0.599. The molecule has 2 aliphatic carbocycles. The van der Waals surface area contributed by atoms with E-state index in [4.69, 9.17) is 4.99 Å². The Morgan fingerprint density at radius 3 is 2.75 bits per heavy atom. The van der Waals surface area contributed by atoms with Gasteiger partial charge in [-0.3, -0.25) is 9.79 Å². The van der Waals surface area contributed by atoms with Crippen molar-refractivity contribution in [2.45, 2.75) is 32.2 Å². The Labute approximate surface area is 164 Å². The van der Waals surface area contributed by atoms with Crippen molar-refractivity contribution in [1.82, 2.24) is 4.98 Å². The molecular weight excluding hydrogens is 351 g/mol. The van der Waals surface area contributed by atoms with Gasteiger partial charge in [-0.25, -0.2) is 4.39 Å². The summed E-state index contributed by atoms with van der Waals surface area (Å²) in [5.41, 5.74) is 5.01. The molecule has 0 radical (unpaired) electrons. The zero-order chi connectivity index (χ0) is 19.7. The first-order valence-corrected chi connectivity index (χ1v) is 9.56. The molecule has 2 bridgehead atoms. The van der Waals surface area contributed by atoms with Gasteiger partial charge < -0.3 is 4.98 Å². The van der Waals surface area contributed by atoms with Crippen molar-refractivity contribution in [2.24, 2.45) is 10.9 Å². The number of hydrogen-bond donors (Lipinski definition) is 1. The molecule has 3 nitrogen and oxygen atoms in total. The van der Waals surface area contributed by atoms with E-state index < -0.39 is 5.54 Å². The highest BCUT2D eigenvalue weighted by molar-refractivity contribution is 5.79. The Hall–Kier alpha value is -3.01. The van der Waals surface area contributed by atoms with E-state index >= 15 is 0 Å². The Bertz CT molecular complexity index is 1070. The molecule has 1 N–H and O–H groups in total. The summed E-state index contributed by atoms with van der Waals surface area (Å²) in [5.74, 6) is 0.00766. The molecular formula is C24H23FN2O. The summed E-state index contributed by atoms with van der Waals surface area (Å²) in [6.45, 7) is 4.21. The fourth-order valence-electron chi connectivity index (χ4n) is 4.55. The monoisotopic (exact) mass is 374 g/mol. The third kappa shape index (κ3) is 3.19. The number of nitrogens with one attached hydrogen (secondary N) is 1. The summed E-state index contributed by atoms with van der Waals surface area (Å²) in [6.07, 6.45) is 11.7. The van der Waals surface area contributed by atoms with Crippen LogP contribution in [0.1, 0.15) is 37.1 Å². The molecule has 142 valence electrons. The molecule has 0 unspecified atom stereocenters. The third-order valence-electron chi connectivity index (χ3n) is 5.62. The number of allylic oxidation sites excluding steroid dienone is 3. The summed E-state index contributed by atoms with van der Waals surface area (Å²) in [4.78, 5) is 19.9. The molecule has 1 aromatic heterocycles. The zero-order valence-corrected chi connectivity index (χ0v) is 16.1. The van der Waals surface area contributed by atoms with Crippen LogP contribution in [0.15, 0.2) is 75.6 Å². The normalized spacial score (nSPS) is 25.3. The minimum atomic E-state index is -0.483. The minimum absolute atomic E-state index is 0.0724. The first kappa shape index (κ1) is 18.4. The molecule has 4 heteroatoms. The molecule has 0 saturated carbocycles. The topological polar surface area (TPSA) is 45.2 Å². The second-order valence-electron chi connectivity index (χ2n) is 7.51. The molecule has 0 aliphatic heterocycles. The van der Waals surface area contributed by atoms with E-state index in [1.807, 2.05) is 24.4 Å². The van der Waals surface area contributed by atoms with Crippen LogP contribution in [-0.2, 0) is 12.0 Å². The predicted molar refractivity (Wildman–Crippen MR) is 112 cm³/mol. The van der Waals surface area contributed by atoms with Gasteiger partial charge in [0.2, 0.25) is 5.56 Å². The number of aromatic amines is 1. The lowest BCUT2D eigenvalue weighted by atomic mass is 9.63. The van der Waals surface area contributed by atoms with Crippen LogP contribution in [0.5, 0.6) is 0 Å². The summed E-state index contributed by atoms with van der Waals surface area (Å²) in [7, 11) is 0. The number of nitrogens with zero attached hydrogens (tertiary/aromatic N) is 1. The zero-order valence-electron chi connectivity index (χ0n) is 16.1. The van der Waals surface area contributed by atoms with E-state index in [1.165, 1.54) is 23.3 Å². The predicted octanol–water partition coefficient (Wildman–Crippen LogP) is 4.96. The fourth-order valence-corrected chi connectivity index (χ4v) is 4.55. The fraction of sp³-hybridized carbons (Fsp3) is 0.250. The highest BCUT2D eigenvalue weighted by Crippen LogP contribution is 2.51. The lowest BCUT2D eigenvalue weighted by molar-refractivity contribution is 0.413. The minimum Gasteiger partial charge on any atom is -0.326 e. The lowest BCUT2D eigenvalue weighted by Crippen LogP contribution is -2.40. The molecule has 0 saturated heterocycles. The van der Waals surface area contributed by atoms with Crippen LogP contribution in [0.2, 0.25) is 0 Å². The molecule has 0 amide bonds. The van der Waals surface area contributed by atoms with Gasteiger partial charge in [-0.2, -0.15) is 0 Å². The molecule has 28 heavy (non-hydrogen) atoms. The summed E-state index contributed by atoms with van der Waals surface area (Å²) >= 11 is 0. The number of hydrogen-bond acceptors (Lipinski definition) is 2. The Balaban J connectivity index is 1.76. The van der Waals surface area contributed by atoms with Crippen LogP contribution < -0.4 is 5.56 Å². The molecule has 0 fully saturated rings. The average Bonchev–Trinajstić information content (AvgIpc) is 2.66. The molecule has 2 aliphatic rings. The van der Waals surface area contributed by atoms with Gasteiger partial charge in [0.05, 0.1) is 0 Å². The standard InChI is InChI=1S/C24H23FN2O/c1-3-20-18-13-16(2)15-24(20,21-10-11-23(28)27-22(21)14-18)26-12-4-5-17-6-8-19(25)9-7-17/h3-13,18H,14-15H2,1-2H3,(H,27,28)/b5-4?,20-3+,26-12?/t18-,24+/m0/s1. The van der Waals surface area contributed by atoms with Crippen molar-refractivity contribution in [2.75, 3.05) is 0 Å². The Morgan fingerprint density at radius 2 is 2.00 bits per heavy atom. The van der Waals surface area contributed by atoms with Crippen molar-refractivity contribution in [3.63, 3.8) is 0 Å². The van der Waals surface area contributed by atoms with Gasteiger partial charge in [0.25, 0.3) is 0 Å². The van der Waals surface area contributed by atoms with Gasteiger partial charge >= 0.3 is 0 Å². The number of pyridine rings is 1. The summed E-state index contributed by atoms with van der Waals surface area (Å²) in [6, 6.07) is 9.88. The number of aliphatic imine (C=N–C) groups is 1. The second kappa shape index (κ2) is 7.19. The van der Waals surface area contributed by atoms with Gasteiger partial charge in [-0.05, 0) is 55.7 Å². The first-order valence-electron chi connectivity index (χ1n) is 9.56. The van der Waals surface area contributed by atoms with Crippen LogP contribution >= 0.6 is 0 Å². The van der Waals surface area contributed by atoms with Gasteiger partial charge in [-0.1, -0.05) is 35.9 Å². The Kier molecular flexibility index (Phi) is 4.71. The summed E-state index contributed by atoms with van der Waals surface area (Å²) in [5, 5.41) is 0. The molecule has 2 atom stereocenters. The molecule has 2 aromatic rings. The van der Waals surface area contributed by atoms with E-state index in [-0.39, 0.29) is 17.3 Å². The first-order chi connectivity index (χ1) is 13.5. The SMILES string of the molecule is C/C=C1\[C@H]2C=C(C)C[C@]1(N=CC=Cc1ccc(F)cc1)c1ccc(=O)[nH]c1C2. The number of halogens is 1. The molecule has 1 heterocycles. The van der Waals surface area contributed by atoms with E-state index in [0.717, 1.165) is 29.7 Å². The van der Waals surface area contributed by atoms with Gasteiger partial charge in [0.1, 0.15) is 11.4 Å². The number of rotatable bonds is 3. The summed E-state index contributed by atoms with van der Waals surface area (Å²) < 4.78 is 13.1. The Morgan fingerprint density at radius 1 is 1.21 bits per heavy atom. The van der Waals surface area contributed by atoms with Gasteiger partial charge in [-0.15, -0.1) is 0 Å². The third-order valence-corrected chi connectivity index (χ3v) is 5.62.